The summed E-state index contributed by atoms with van der Waals surface area (Å²) in [6, 6.07) is 14.5. The van der Waals surface area contributed by atoms with E-state index < -0.39 is 6.10 Å². The normalized spacial score (nSPS) is 16.2. The van der Waals surface area contributed by atoms with Gasteiger partial charge in [0.25, 0.3) is 11.5 Å². The Labute approximate surface area is 194 Å². The van der Waals surface area contributed by atoms with Gasteiger partial charge in [-0.05, 0) is 30.2 Å². The van der Waals surface area contributed by atoms with Gasteiger partial charge in [-0.2, -0.15) is 0 Å². The number of carbonyl (C=O) groups is 1. The Hall–Kier alpha value is -3.01. The number of aliphatic hydroxyl groups excluding tert-OH is 1. The number of pyridine rings is 1. The molecule has 1 unspecified atom stereocenters. The van der Waals surface area contributed by atoms with Crippen molar-refractivity contribution in [1.82, 2.24) is 14.3 Å². The number of aliphatic hydroxyl groups is 1. The highest BCUT2D eigenvalue weighted by Crippen LogP contribution is 2.33. The largest absolute Gasteiger partial charge is 0.387 e. The summed E-state index contributed by atoms with van der Waals surface area (Å²) in [5.41, 5.74) is 1.14. The van der Waals surface area contributed by atoms with Crippen molar-refractivity contribution < 1.29 is 9.90 Å². The fraction of sp³-hybridized carbons (Fsp3) is 0.217. The van der Waals surface area contributed by atoms with Crippen LogP contribution in [0.25, 0.3) is 11.7 Å². The van der Waals surface area contributed by atoms with E-state index in [1.807, 2.05) is 37.3 Å². The fourth-order valence-corrected chi connectivity index (χ4v) is 4.69. The first-order chi connectivity index (χ1) is 15.5. The van der Waals surface area contributed by atoms with Crippen molar-refractivity contribution in [2.24, 2.45) is 0 Å². The van der Waals surface area contributed by atoms with Crippen LogP contribution in [0.1, 0.15) is 30.6 Å². The number of nitrogens with zero attached hydrogens (tertiary/aromatic N) is 3. The predicted molar refractivity (Wildman–Crippen MR) is 132 cm³/mol. The highest BCUT2D eigenvalue weighted by atomic mass is 32.2. The SMILES string of the molecule is CCCN1C(=O)C(=Cc2c(NCC(O)c3ccccc3)nc3ccccn3c2=O)SC1=S. The molecule has 1 aliphatic rings. The van der Waals surface area contributed by atoms with Crippen molar-refractivity contribution >= 4 is 51.7 Å². The maximum atomic E-state index is 13.3. The highest BCUT2D eigenvalue weighted by Gasteiger charge is 2.32. The van der Waals surface area contributed by atoms with Gasteiger partial charge < -0.3 is 10.4 Å². The van der Waals surface area contributed by atoms with Crippen LogP contribution in [0.3, 0.4) is 0 Å². The molecule has 3 heterocycles. The molecule has 2 aromatic heterocycles. The molecule has 0 aliphatic carbocycles. The van der Waals surface area contributed by atoms with Gasteiger partial charge in [-0.1, -0.05) is 67.3 Å². The molecule has 0 spiro atoms. The van der Waals surface area contributed by atoms with Crippen LogP contribution < -0.4 is 10.9 Å². The highest BCUT2D eigenvalue weighted by molar-refractivity contribution is 8.26. The molecule has 0 saturated carbocycles. The average Bonchev–Trinajstić information content (AvgIpc) is 3.08. The molecule has 1 atom stereocenters. The summed E-state index contributed by atoms with van der Waals surface area (Å²) in [7, 11) is 0. The number of anilines is 1. The zero-order valence-corrected chi connectivity index (χ0v) is 19.0. The van der Waals surface area contributed by atoms with Crippen LogP contribution in [-0.4, -0.2) is 42.7 Å². The Balaban J connectivity index is 1.72. The predicted octanol–water partition coefficient (Wildman–Crippen LogP) is 3.45. The van der Waals surface area contributed by atoms with E-state index in [9.17, 15) is 14.7 Å². The van der Waals surface area contributed by atoms with E-state index in [0.29, 0.717) is 27.2 Å². The molecular formula is C23H22N4O3S2. The Morgan fingerprint density at radius 1 is 1.19 bits per heavy atom. The number of fused-ring (bicyclic) bond motifs is 1. The maximum absolute atomic E-state index is 13.3. The van der Waals surface area contributed by atoms with Crippen LogP contribution in [-0.2, 0) is 4.79 Å². The molecule has 4 rings (SSSR count). The molecule has 32 heavy (non-hydrogen) atoms. The summed E-state index contributed by atoms with van der Waals surface area (Å²) < 4.78 is 1.91. The molecule has 1 aromatic carbocycles. The van der Waals surface area contributed by atoms with Gasteiger partial charge in [0.2, 0.25) is 0 Å². The quantitative estimate of drug-likeness (QED) is 0.407. The zero-order chi connectivity index (χ0) is 22.7. The minimum absolute atomic E-state index is 0.150. The average molecular weight is 467 g/mol. The van der Waals surface area contributed by atoms with Gasteiger partial charge in [-0.3, -0.25) is 18.9 Å². The van der Waals surface area contributed by atoms with Gasteiger partial charge >= 0.3 is 0 Å². The third-order valence-electron chi connectivity index (χ3n) is 5.01. The first kappa shape index (κ1) is 22.2. The number of thiocarbonyl (C=S) groups is 1. The van der Waals surface area contributed by atoms with Crippen LogP contribution in [0, 0.1) is 0 Å². The molecule has 1 aliphatic heterocycles. The molecule has 1 saturated heterocycles. The van der Waals surface area contributed by atoms with E-state index in [0.717, 1.165) is 12.0 Å². The summed E-state index contributed by atoms with van der Waals surface area (Å²) in [6.07, 6.45) is 3.17. The van der Waals surface area contributed by atoms with Crippen molar-refractivity contribution in [3.05, 3.63) is 81.1 Å². The lowest BCUT2D eigenvalue weighted by molar-refractivity contribution is -0.122. The summed E-state index contributed by atoms with van der Waals surface area (Å²) in [6.45, 7) is 2.66. The molecule has 9 heteroatoms. The van der Waals surface area contributed by atoms with E-state index in [1.165, 1.54) is 16.2 Å². The summed E-state index contributed by atoms with van der Waals surface area (Å²) >= 11 is 6.51. The molecule has 0 radical (unpaired) electrons. The molecule has 1 fully saturated rings. The van der Waals surface area contributed by atoms with Gasteiger partial charge in [-0.15, -0.1) is 0 Å². The topological polar surface area (TPSA) is 86.9 Å². The maximum Gasteiger partial charge on any atom is 0.267 e. The lowest BCUT2D eigenvalue weighted by Gasteiger charge is -2.15. The zero-order valence-electron chi connectivity index (χ0n) is 17.4. The molecule has 7 nitrogen and oxygen atoms in total. The van der Waals surface area contributed by atoms with Crippen molar-refractivity contribution in [2.45, 2.75) is 19.4 Å². The van der Waals surface area contributed by atoms with Gasteiger partial charge in [0.15, 0.2) is 0 Å². The number of amides is 1. The van der Waals surface area contributed by atoms with E-state index >= 15 is 0 Å². The van der Waals surface area contributed by atoms with Crippen LogP contribution in [0.4, 0.5) is 5.82 Å². The van der Waals surface area contributed by atoms with Gasteiger partial charge in [-0.25, -0.2) is 4.98 Å². The smallest absolute Gasteiger partial charge is 0.267 e. The van der Waals surface area contributed by atoms with Crippen LogP contribution in [0.15, 0.2) is 64.4 Å². The second kappa shape index (κ2) is 9.64. The third kappa shape index (κ3) is 4.45. The number of benzene rings is 1. The fourth-order valence-electron chi connectivity index (χ4n) is 3.40. The Morgan fingerprint density at radius 2 is 1.94 bits per heavy atom. The number of hydrogen-bond donors (Lipinski definition) is 2. The van der Waals surface area contributed by atoms with Crippen LogP contribution in [0.5, 0.6) is 0 Å². The first-order valence-electron chi connectivity index (χ1n) is 10.2. The summed E-state index contributed by atoms with van der Waals surface area (Å²) in [5.74, 6) is 0.0895. The second-order valence-corrected chi connectivity index (χ2v) is 8.92. The lowest BCUT2D eigenvalue weighted by atomic mass is 10.1. The Kier molecular flexibility index (Phi) is 6.69. The molecule has 1 amide bonds. The number of aromatic nitrogens is 2. The van der Waals surface area contributed by atoms with Gasteiger partial charge in [0.1, 0.15) is 15.8 Å². The van der Waals surface area contributed by atoms with Crippen molar-refractivity contribution in [2.75, 3.05) is 18.4 Å². The van der Waals surface area contributed by atoms with E-state index in [1.54, 1.807) is 35.4 Å². The number of thioether (sulfide) groups is 1. The standard InChI is InChI=1S/C23H22N4O3S2/c1-2-11-27-22(30)18(32-23(27)31)13-16-20(24-14-17(28)15-8-4-3-5-9-15)25-19-10-6-7-12-26(19)21(16)29/h3-10,12-13,17,24,28H,2,11,14H2,1H3. The monoisotopic (exact) mass is 466 g/mol. The van der Waals surface area contributed by atoms with E-state index in [2.05, 4.69) is 10.3 Å². The molecule has 3 aromatic rings. The summed E-state index contributed by atoms with van der Waals surface area (Å²) in [5, 5.41) is 13.6. The Bertz CT molecular complexity index is 1260. The minimum Gasteiger partial charge on any atom is -0.387 e. The van der Waals surface area contributed by atoms with E-state index in [4.69, 9.17) is 12.2 Å². The van der Waals surface area contributed by atoms with Gasteiger partial charge in [0.05, 0.1) is 16.6 Å². The number of rotatable bonds is 7. The molecule has 164 valence electrons. The summed E-state index contributed by atoms with van der Waals surface area (Å²) in [4.78, 5) is 32.6. The van der Waals surface area contributed by atoms with Crippen molar-refractivity contribution in [3.63, 3.8) is 0 Å². The minimum atomic E-state index is -0.789. The Morgan fingerprint density at radius 3 is 2.69 bits per heavy atom. The first-order valence-corrected chi connectivity index (χ1v) is 11.5. The number of nitrogens with one attached hydrogen (secondary N) is 1. The van der Waals surface area contributed by atoms with Crippen molar-refractivity contribution in [1.29, 1.82) is 0 Å². The van der Waals surface area contributed by atoms with Crippen LogP contribution in [0.2, 0.25) is 0 Å². The van der Waals surface area contributed by atoms with Crippen LogP contribution >= 0.6 is 24.0 Å². The lowest BCUT2D eigenvalue weighted by Crippen LogP contribution is -2.28. The van der Waals surface area contributed by atoms with E-state index in [-0.39, 0.29) is 23.6 Å². The molecule has 0 bridgehead atoms. The van der Waals surface area contributed by atoms with Crippen molar-refractivity contribution in [3.8, 4) is 0 Å². The molecule has 2 N–H and O–H groups in total. The van der Waals surface area contributed by atoms with Gasteiger partial charge in [0, 0.05) is 19.3 Å². The molecular weight excluding hydrogens is 444 g/mol. The number of carbonyl (C=O) groups excluding carboxylic acids is 1. The number of hydrogen-bond acceptors (Lipinski definition) is 7. The third-order valence-corrected chi connectivity index (χ3v) is 6.39. The second-order valence-electron chi connectivity index (χ2n) is 7.25.